The molecule has 10 heteroatoms. The first kappa shape index (κ1) is 17.3. The van der Waals surface area contributed by atoms with Gasteiger partial charge in [-0.25, -0.2) is 22.5 Å². The Morgan fingerprint density at radius 1 is 1.42 bits per heavy atom. The molecule has 0 aliphatic heterocycles. The van der Waals surface area contributed by atoms with Gasteiger partial charge in [0.1, 0.15) is 10.8 Å². The first-order valence-electron chi connectivity index (χ1n) is 7.10. The molecule has 0 saturated carbocycles. The lowest BCUT2D eigenvalue weighted by Gasteiger charge is -2.08. The number of nitrogens with one attached hydrogen (secondary N) is 1. The summed E-state index contributed by atoms with van der Waals surface area (Å²) in [5.41, 5.74) is 0.849. The molecule has 24 heavy (non-hydrogen) atoms. The summed E-state index contributed by atoms with van der Waals surface area (Å²) in [6.07, 6.45) is 0.700. The summed E-state index contributed by atoms with van der Waals surface area (Å²) in [6, 6.07) is 3.81. The molecule has 6 nitrogen and oxygen atoms in total. The van der Waals surface area contributed by atoms with Crippen molar-refractivity contribution in [2.75, 3.05) is 0 Å². The summed E-state index contributed by atoms with van der Waals surface area (Å²) in [4.78, 5) is 4.79. The number of benzene rings is 1. The van der Waals surface area contributed by atoms with Gasteiger partial charge in [-0.1, -0.05) is 35.9 Å². The van der Waals surface area contributed by atoms with Crippen LogP contribution in [0.4, 0.5) is 4.39 Å². The number of fused-ring (bicyclic) bond motifs is 1. The molecule has 0 unspecified atom stereocenters. The summed E-state index contributed by atoms with van der Waals surface area (Å²) in [6.45, 7) is 3.50. The van der Waals surface area contributed by atoms with E-state index < -0.39 is 15.8 Å². The number of sulfonamides is 1. The van der Waals surface area contributed by atoms with E-state index in [1.807, 2.05) is 6.92 Å². The molecule has 2 aromatic heterocycles. The van der Waals surface area contributed by atoms with Crippen LogP contribution in [-0.2, 0) is 23.0 Å². The van der Waals surface area contributed by atoms with Gasteiger partial charge < -0.3 is 0 Å². The van der Waals surface area contributed by atoms with Crippen molar-refractivity contribution in [2.24, 2.45) is 0 Å². The Balaban J connectivity index is 1.93. The molecule has 0 spiro atoms. The molecule has 0 fully saturated rings. The van der Waals surface area contributed by atoms with E-state index in [-0.39, 0.29) is 16.6 Å². The third-order valence-electron chi connectivity index (χ3n) is 3.39. The zero-order valence-corrected chi connectivity index (χ0v) is 15.3. The number of hydrogen-bond donors (Lipinski definition) is 1. The molecule has 3 aromatic rings. The number of hydrogen-bond acceptors (Lipinski definition) is 5. The number of aryl methyl sites for hydroxylation is 2. The zero-order valence-electron chi connectivity index (χ0n) is 12.9. The molecule has 1 N–H and O–H groups in total. The van der Waals surface area contributed by atoms with Crippen LogP contribution >= 0.6 is 22.9 Å². The van der Waals surface area contributed by atoms with Crippen LogP contribution in [0.15, 0.2) is 23.2 Å². The van der Waals surface area contributed by atoms with Crippen LogP contribution in [0, 0.1) is 12.7 Å². The Kier molecular flexibility index (Phi) is 4.60. The van der Waals surface area contributed by atoms with Crippen molar-refractivity contribution in [1.29, 1.82) is 0 Å². The highest BCUT2D eigenvalue weighted by molar-refractivity contribution is 7.89. The van der Waals surface area contributed by atoms with E-state index in [4.69, 9.17) is 11.6 Å². The third-order valence-corrected chi connectivity index (χ3v) is 6.30. The van der Waals surface area contributed by atoms with Crippen LogP contribution in [0.2, 0.25) is 5.02 Å². The summed E-state index contributed by atoms with van der Waals surface area (Å²) >= 11 is 7.28. The topological polar surface area (TPSA) is 76.4 Å². The summed E-state index contributed by atoms with van der Waals surface area (Å²) in [5, 5.41) is 5.25. The second-order valence-corrected chi connectivity index (χ2v) is 8.24. The van der Waals surface area contributed by atoms with Gasteiger partial charge in [-0.2, -0.15) is 9.61 Å². The Morgan fingerprint density at radius 2 is 2.17 bits per heavy atom. The zero-order chi connectivity index (χ0) is 17.5. The average Bonchev–Trinajstić information content (AvgIpc) is 3.01. The summed E-state index contributed by atoms with van der Waals surface area (Å²) in [7, 11) is -3.85. The lowest BCUT2D eigenvalue weighted by molar-refractivity contribution is 0.572. The number of nitrogens with zero attached hydrogens (tertiary/aromatic N) is 3. The van der Waals surface area contributed by atoms with Gasteiger partial charge in [0.05, 0.1) is 5.69 Å². The molecule has 0 atom stereocenters. The molecular weight excluding hydrogens is 375 g/mol. The Bertz CT molecular complexity index is 1010. The fourth-order valence-electron chi connectivity index (χ4n) is 2.23. The summed E-state index contributed by atoms with van der Waals surface area (Å²) < 4.78 is 42.2. The van der Waals surface area contributed by atoms with Crippen molar-refractivity contribution in [3.63, 3.8) is 0 Å². The first-order chi connectivity index (χ1) is 11.3. The molecule has 0 aliphatic rings. The predicted molar refractivity (Wildman–Crippen MR) is 90.4 cm³/mol. The number of halogens is 2. The molecule has 0 saturated heterocycles. The minimum atomic E-state index is -3.85. The van der Waals surface area contributed by atoms with Crippen molar-refractivity contribution in [2.45, 2.75) is 31.8 Å². The smallest absolute Gasteiger partial charge is 0.221 e. The molecule has 0 bridgehead atoms. The highest BCUT2D eigenvalue weighted by atomic mass is 35.5. The van der Waals surface area contributed by atoms with Gasteiger partial charge in [0.2, 0.25) is 4.96 Å². The van der Waals surface area contributed by atoms with Gasteiger partial charge in [-0.3, -0.25) is 0 Å². The Hall–Kier alpha value is -1.55. The molecule has 0 amide bonds. The van der Waals surface area contributed by atoms with Crippen molar-refractivity contribution < 1.29 is 12.8 Å². The van der Waals surface area contributed by atoms with E-state index in [1.54, 1.807) is 6.92 Å². The van der Waals surface area contributed by atoms with E-state index in [2.05, 4.69) is 14.8 Å². The fourth-order valence-corrected chi connectivity index (χ4v) is 4.67. The lowest BCUT2D eigenvalue weighted by atomic mass is 10.2. The van der Waals surface area contributed by atoms with Crippen molar-refractivity contribution in [3.8, 4) is 0 Å². The van der Waals surface area contributed by atoms with Gasteiger partial charge in [-0.15, -0.1) is 0 Å². The minimum absolute atomic E-state index is 0.00619. The maximum atomic E-state index is 13.1. The van der Waals surface area contributed by atoms with Gasteiger partial charge in [0, 0.05) is 11.6 Å². The SMILES string of the molecule is CCc1nn2c(S(=O)(=O)NCc3ccc(F)cc3Cl)c(C)nc2s1. The maximum absolute atomic E-state index is 13.1. The van der Waals surface area contributed by atoms with E-state index in [9.17, 15) is 12.8 Å². The summed E-state index contributed by atoms with van der Waals surface area (Å²) in [5.74, 6) is -0.477. The van der Waals surface area contributed by atoms with Crippen LogP contribution in [0.3, 0.4) is 0 Å². The van der Waals surface area contributed by atoms with Gasteiger partial charge in [0.25, 0.3) is 10.0 Å². The second-order valence-electron chi connectivity index (χ2n) is 5.11. The Morgan fingerprint density at radius 3 is 2.83 bits per heavy atom. The molecule has 1 aromatic carbocycles. The van der Waals surface area contributed by atoms with Crippen molar-refractivity contribution in [3.05, 3.63) is 45.3 Å². The highest BCUT2D eigenvalue weighted by Crippen LogP contribution is 2.23. The molecule has 0 aliphatic carbocycles. The maximum Gasteiger partial charge on any atom is 0.260 e. The number of rotatable bonds is 5. The van der Waals surface area contributed by atoms with E-state index in [0.29, 0.717) is 22.6 Å². The molecule has 128 valence electrons. The number of aromatic nitrogens is 3. The van der Waals surface area contributed by atoms with Crippen LogP contribution in [0.25, 0.3) is 4.96 Å². The Labute approximate surface area is 147 Å². The molecule has 0 radical (unpaired) electrons. The number of imidazole rings is 1. The normalized spacial score (nSPS) is 12.2. The van der Waals surface area contributed by atoms with Crippen molar-refractivity contribution in [1.82, 2.24) is 19.3 Å². The average molecular weight is 389 g/mol. The lowest BCUT2D eigenvalue weighted by Crippen LogP contribution is -2.25. The molecular formula is C14H14ClFN4O2S2. The van der Waals surface area contributed by atoms with Crippen LogP contribution in [0.1, 0.15) is 23.2 Å². The van der Waals surface area contributed by atoms with Crippen LogP contribution in [0.5, 0.6) is 0 Å². The monoisotopic (exact) mass is 388 g/mol. The highest BCUT2D eigenvalue weighted by Gasteiger charge is 2.25. The fraction of sp³-hybridized carbons (Fsp3) is 0.286. The first-order valence-corrected chi connectivity index (χ1v) is 9.78. The molecule has 2 heterocycles. The quantitative estimate of drug-likeness (QED) is 0.729. The predicted octanol–water partition coefficient (Wildman–Crippen LogP) is 2.93. The van der Waals surface area contributed by atoms with E-state index >= 15 is 0 Å². The largest absolute Gasteiger partial charge is 0.260 e. The van der Waals surface area contributed by atoms with E-state index in [1.165, 1.54) is 28.0 Å². The minimum Gasteiger partial charge on any atom is -0.221 e. The van der Waals surface area contributed by atoms with Gasteiger partial charge >= 0.3 is 0 Å². The standard InChI is InChI=1S/C14H14ClFN4O2S2/c1-3-12-19-20-13(8(2)18-14(20)23-12)24(21,22)17-7-9-4-5-10(16)6-11(9)15/h4-6,17H,3,7H2,1-2H3. The van der Waals surface area contributed by atoms with Crippen LogP contribution in [-0.4, -0.2) is 23.0 Å². The molecule has 3 rings (SSSR count). The van der Waals surface area contributed by atoms with E-state index in [0.717, 1.165) is 11.1 Å². The second kappa shape index (κ2) is 6.40. The van der Waals surface area contributed by atoms with Gasteiger partial charge in [0.15, 0.2) is 5.03 Å². The van der Waals surface area contributed by atoms with Crippen LogP contribution < -0.4 is 4.72 Å². The van der Waals surface area contributed by atoms with Crippen molar-refractivity contribution >= 4 is 37.9 Å². The third kappa shape index (κ3) is 3.16. The van der Waals surface area contributed by atoms with Gasteiger partial charge in [-0.05, 0) is 31.0 Å².